The van der Waals surface area contributed by atoms with E-state index >= 15 is 0 Å². The normalized spacial score (nSPS) is 15.9. The molecule has 0 amide bonds. The summed E-state index contributed by atoms with van der Waals surface area (Å²) in [5.41, 5.74) is 2.30. The topological polar surface area (TPSA) is 57.5 Å². The summed E-state index contributed by atoms with van der Waals surface area (Å²) < 4.78 is 1.92. The monoisotopic (exact) mass is 496 g/mol. The van der Waals surface area contributed by atoms with Crippen LogP contribution < -0.4 is 10.6 Å². The number of aromatic nitrogens is 2. The molecule has 1 saturated heterocycles. The molecule has 2 heterocycles. The van der Waals surface area contributed by atoms with Crippen molar-refractivity contribution >= 4 is 29.9 Å². The van der Waals surface area contributed by atoms with Gasteiger partial charge >= 0.3 is 0 Å². The standard InChI is InChI=1S/C21H32N6.HI/c1-3-13-26-14-10-19(11-15-26)25-21(22-2)23-12-9-18-16-24-27(17-18)20-7-5-4-6-8-20;/h4-8,16-17,19H,3,9-15H2,1-2H3,(H2,22,23,25);1H. The van der Waals surface area contributed by atoms with Crippen molar-refractivity contribution in [3.05, 3.63) is 48.3 Å². The molecule has 154 valence electrons. The number of hydrogen-bond acceptors (Lipinski definition) is 3. The van der Waals surface area contributed by atoms with Crippen molar-refractivity contribution in [1.29, 1.82) is 0 Å². The highest BCUT2D eigenvalue weighted by Gasteiger charge is 2.19. The van der Waals surface area contributed by atoms with Gasteiger partial charge in [0.25, 0.3) is 0 Å². The molecule has 1 aromatic heterocycles. The van der Waals surface area contributed by atoms with Crippen molar-refractivity contribution < 1.29 is 0 Å². The summed E-state index contributed by atoms with van der Waals surface area (Å²) >= 11 is 0. The van der Waals surface area contributed by atoms with Crippen LogP contribution in [0.15, 0.2) is 47.7 Å². The summed E-state index contributed by atoms with van der Waals surface area (Å²) in [6.45, 7) is 6.67. The molecule has 0 saturated carbocycles. The van der Waals surface area contributed by atoms with Crippen LogP contribution in [-0.4, -0.2) is 59.9 Å². The lowest BCUT2D eigenvalue weighted by Gasteiger charge is -2.32. The van der Waals surface area contributed by atoms with E-state index in [1.165, 1.54) is 44.5 Å². The number of piperidine rings is 1. The summed E-state index contributed by atoms with van der Waals surface area (Å²) in [6.07, 6.45) is 8.56. The maximum absolute atomic E-state index is 4.46. The van der Waals surface area contributed by atoms with Crippen LogP contribution >= 0.6 is 24.0 Å². The van der Waals surface area contributed by atoms with Crippen LogP contribution in [0.3, 0.4) is 0 Å². The van der Waals surface area contributed by atoms with Gasteiger partial charge in [0.1, 0.15) is 0 Å². The predicted octanol–water partition coefficient (Wildman–Crippen LogP) is 3.07. The van der Waals surface area contributed by atoms with Gasteiger partial charge in [0.2, 0.25) is 0 Å². The summed E-state index contributed by atoms with van der Waals surface area (Å²) in [5.74, 6) is 0.902. The van der Waals surface area contributed by atoms with Gasteiger partial charge in [0.15, 0.2) is 5.96 Å². The fourth-order valence-electron chi connectivity index (χ4n) is 3.54. The van der Waals surface area contributed by atoms with E-state index in [9.17, 15) is 0 Å². The number of halogens is 1. The van der Waals surface area contributed by atoms with E-state index in [0.717, 1.165) is 24.6 Å². The van der Waals surface area contributed by atoms with Crippen LogP contribution in [0.5, 0.6) is 0 Å². The van der Waals surface area contributed by atoms with Crippen molar-refractivity contribution in [2.24, 2.45) is 4.99 Å². The first-order chi connectivity index (χ1) is 13.3. The summed E-state index contributed by atoms with van der Waals surface area (Å²) in [5, 5.41) is 11.5. The molecular weight excluding hydrogens is 463 g/mol. The third-order valence-corrected chi connectivity index (χ3v) is 5.05. The second-order valence-electron chi connectivity index (χ2n) is 7.14. The molecule has 7 heteroatoms. The van der Waals surface area contributed by atoms with Crippen molar-refractivity contribution in [2.45, 2.75) is 38.6 Å². The van der Waals surface area contributed by atoms with Gasteiger partial charge in [-0.2, -0.15) is 5.10 Å². The molecule has 0 unspecified atom stereocenters. The first kappa shape index (κ1) is 22.7. The third-order valence-electron chi connectivity index (χ3n) is 5.05. The first-order valence-corrected chi connectivity index (χ1v) is 10.1. The zero-order chi connectivity index (χ0) is 18.9. The predicted molar refractivity (Wildman–Crippen MR) is 127 cm³/mol. The van der Waals surface area contributed by atoms with Crippen LogP contribution in [0.25, 0.3) is 5.69 Å². The van der Waals surface area contributed by atoms with Crippen molar-refractivity contribution in [3.63, 3.8) is 0 Å². The lowest BCUT2D eigenvalue weighted by molar-refractivity contribution is 0.206. The zero-order valence-electron chi connectivity index (χ0n) is 17.0. The number of aliphatic imine (C=N–C) groups is 1. The van der Waals surface area contributed by atoms with Crippen LogP contribution in [0.1, 0.15) is 31.7 Å². The lowest BCUT2D eigenvalue weighted by Crippen LogP contribution is -2.49. The Labute approximate surface area is 185 Å². The number of guanidine groups is 1. The van der Waals surface area contributed by atoms with Crippen LogP contribution in [0.2, 0.25) is 0 Å². The number of likely N-dealkylation sites (tertiary alicyclic amines) is 1. The molecule has 0 radical (unpaired) electrons. The highest BCUT2D eigenvalue weighted by Crippen LogP contribution is 2.10. The average Bonchev–Trinajstić information content (AvgIpc) is 3.18. The molecule has 0 spiro atoms. The Bertz CT molecular complexity index is 707. The summed E-state index contributed by atoms with van der Waals surface area (Å²) in [6, 6.07) is 10.7. The molecule has 28 heavy (non-hydrogen) atoms. The van der Waals surface area contributed by atoms with Gasteiger partial charge in [-0.05, 0) is 49.9 Å². The highest BCUT2D eigenvalue weighted by molar-refractivity contribution is 14.0. The Morgan fingerprint density at radius 1 is 1.21 bits per heavy atom. The van der Waals surface area contributed by atoms with Crippen molar-refractivity contribution in [3.8, 4) is 5.69 Å². The maximum Gasteiger partial charge on any atom is 0.191 e. The smallest absolute Gasteiger partial charge is 0.191 e. The highest BCUT2D eigenvalue weighted by atomic mass is 127. The van der Waals surface area contributed by atoms with Gasteiger partial charge in [-0.3, -0.25) is 4.99 Å². The SMILES string of the molecule is CCCN1CCC(NC(=NC)NCCc2cnn(-c3ccccc3)c2)CC1.I. The molecular formula is C21H33IN6. The number of rotatable bonds is 7. The van der Waals surface area contributed by atoms with E-state index < -0.39 is 0 Å². The molecule has 1 aliphatic rings. The summed E-state index contributed by atoms with van der Waals surface area (Å²) in [7, 11) is 1.84. The molecule has 1 aliphatic heterocycles. The minimum Gasteiger partial charge on any atom is -0.356 e. The van der Waals surface area contributed by atoms with Gasteiger partial charge in [-0.15, -0.1) is 24.0 Å². The Balaban J connectivity index is 0.00000280. The van der Waals surface area contributed by atoms with E-state index in [0.29, 0.717) is 6.04 Å². The molecule has 1 fully saturated rings. The zero-order valence-corrected chi connectivity index (χ0v) is 19.3. The Kier molecular flexibility index (Phi) is 9.77. The molecule has 2 aromatic rings. The van der Waals surface area contributed by atoms with Crippen LogP contribution in [-0.2, 0) is 6.42 Å². The Hall–Kier alpha value is -1.61. The fraction of sp³-hybridized carbons (Fsp3) is 0.524. The van der Waals surface area contributed by atoms with Crippen LogP contribution in [0.4, 0.5) is 0 Å². The van der Waals surface area contributed by atoms with Gasteiger partial charge in [-0.25, -0.2) is 4.68 Å². The number of nitrogens with zero attached hydrogens (tertiary/aromatic N) is 4. The number of benzene rings is 1. The van der Waals surface area contributed by atoms with E-state index in [1.54, 1.807) is 0 Å². The molecule has 0 bridgehead atoms. The number of para-hydroxylation sites is 1. The Morgan fingerprint density at radius 3 is 2.64 bits per heavy atom. The van der Waals surface area contributed by atoms with Gasteiger partial charge < -0.3 is 15.5 Å². The first-order valence-electron chi connectivity index (χ1n) is 10.1. The van der Waals surface area contributed by atoms with Crippen molar-refractivity contribution in [1.82, 2.24) is 25.3 Å². The molecule has 6 nitrogen and oxygen atoms in total. The molecule has 1 aromatic carbocycles. The van der Waals surface area contributed by atoms with Crippen molar-refractivity contribution in [2.75, 3.05) is 33.2 Å². The molecule has 0 atom stereocenters. The molecule has 0 aliphatic carbocycles. The fourth-order valence-corrected chi connectivity index (χ4v) is 3.54. The number of hydrogen-bond donors (Lipinski definition) is 2. The van der Waals surface area contributed by atoms with E-state index in [4.69, 9.17) is 0 Å². The molecule has 2 N–H and O–H groups in total. The number of nitrogens with one attached hydrogen (secondary N) is 2. The minimum atomic E-state index is 0. The quantitative estimate of drug-likeness (QED) is 0.352. The minimum absolute atomic E-state index is 0. The van der Waals surface area contributed by atoms with Gasteiger partial charge in [-0.1, -0.05) is 25.1 Å². The second kappa shape index (κ2) is 12.1. The van der Waals surface area contributed by atoms with E-state index in [1.807, 2.05) is 36.1 Å². The summed E-state index contributed by atoms with van der Waals surface area (Å²) in [4.78, 5) is 6.94. The van der Waals surface area contributed by atoms with Gasteiger partial charge in [0, 0.05) is 38.9 Å². The largest absolute Gasteiger partial charge is 0.356 e. The average molecular weight is 496 g/mol. The van der Waals surface area contributed by atoms with Crippen LogP contribution in [0, 0.1) is 0 Å². The Morgan fingerprint density at radius 2 is 1.96 bits per heavy atom. The third kappa shape index (κ3) is 6.77. The van der Waals surface area contributed by atoms with E-state index in [-0.39, 0.29) is 24.0 Å². The van der Waals surface area contributed by atoms with Gasteiger partial charge in [0.05, 0.1) is 11.9 Å². The molecule has 3 rings (SSSR count). The van der Waals surface area contributed by atoms with E-state index in [2.05, 4.69) is 50.9 Å². The maximum atomic E-state index is 4.46. The second-order valence-corrected chi connectivity index (χ2v) is 7.14. The lowest BCUT2D eigenvalue weighted by atomic mass is 10.1.